The molecule has 1 aliphatic heterocycles. The van der Waals surface area contributed by atoms with Crippen molar-refractivity contribution in [2.24, 2.45) is 0 Å². The molecule has 22 heavy (non-hydrogen) atoms. The summed E-state index contributed by atoms with van der Waals surface area (Å²) in [5.74, 6) is 1.77. The highest BCUT2D eigenvalue weighted by Gasteiger charge is 2.24. The molecule has 2 aromatic rings. The fraction of sp³-hybridized carbons (Fsp3) is 0.375. The summed E-state index contributed by atoms with van der Waals surface area (Å²) in [5, 5.41) is 9.63. The quantitative estimate of drug-likeness (QED) is 0.910. The third-order valence-corrected chi connectivity index (χ3v) is 3.60. The summed E-state index contributed by atoms with van der Waals surface area (Å²) in [4.78, 5) is 12.0. The van der Waals surface area contributed by atoms with Crippen LogP contribution in [0.25, 0.3) is 0 Å². The van der Waals surface area contributed by atoms with Crippen molar-refractivity contribution in [1.29, 1.82) is 0 Å². The van der Waals surface area contributed by atoms with Gasteiger partial charge in [-0.1, -0.05) is 37.2 Å². The van der Waals surface area contributed by atoms with Crippen molar-refractivity contribution < 1.29 is 14.1 Å². The average molecular weight is 301 g/mol. The zero-order valence-corrected chi connectivity index (χ0v) is 12.6. The predicted octanol–water partition coefficient (Wildman–Crippen LogP) is 2.73. The van der Waals surface area contributed by atoms with E-state index in [1.807, 2.05) is 44.2 Å². The van der Waals surface area contributed by atoms with Crippen LogP contribution < -0.4 is 15.4 Å². The summed E-state index contributed by atoms with van der Waals surface area (Å²) in [6.45, 7) is 4.84. The molecule has 0 bridgehead atoms. The third kappa shape index (κ3) is 3.05. The zero-order chi connectivity index (χ0) is 15.5. The van der Waals surface area contributed by atoms with Crippen LogP contribution in [0.15, 0.2) is 34.9 Å². The molecule has 0 unspecified atom stereocenters. The molecule has 0 spiro atoms. The molecule has 2 heterocycles. The number of nitrogens with zero attached hydrogens (tertiary/aromatic N) is 1. The lowest BCUT2D eigenvalue weighted by Crippen LogP contribution is -2.38. The first-order valence-electron chi connectivity index (χ1n) is 7.35. The van der Waals surface area contributed by atoms with Gasteiger partial charge in [-0.3, -0.25) is 0 Å². The molecule has 3 rings (SSSR count). The van der Waals surface area contributed by atoms with Gasteiger partial charge in [0, 0.05) is 11.6 Å². The fourth-order valence-electron chi connectivity index (χ4n) is 2.34. The lowest BCUT2D eigenvalue weighted by molar-refractivity contribution is 0.230. The first-order chi connectivity index (χ1) is 10.6. The molecule has 2 amide bonds. The zero-order valence-electron chi connectivity index (χ0n) is 12.6. The number of amides is 2. The Labute approximate surface area is 128 Å². The number of nitrogens with one attached hydrogen (secondary N) is 2. The third-order valence-electron chi connectivity index (χ3n) is 3.60. The van der Waals surface area contributed by atoms with E-state index in [2.05, 4.69) is 15.8 Å². The highest BCUT2D eigenvalue weighted by atomic mass is 16.5. The monoisotopic (exact) mass is 301 g/mol. The molecule has 116 valence electrons. The normalized spacial score (nSPS) is 16.2. The van der Waals surface area contributed by atoms with E-state index in [9.17, 15) is 4.79 Å². The number of hydrogen-bond donors (Lipinski definition) is 2. The van der Waals surface area contributed by atoms with Crippen LogP contribution in [0.4, 0.5) is 4.79 Å². The van der Waals surface area contributed by atoms with Crippen molar-refractivity contribution >= 4 is 6.03 Å². The van der Waals surface area contributed by atoms with Crippen LogP contribution in [-0.2, 0) is 6.54 Å². The predicted molar refractivity (Wildman–Crippen MR) is 80.6 cm³/mol. The second kappa shape index (κ2) is 6.09. The van der Waals surface area contributed by atoms with Gasteiger partial charge in [-0.2, -0.15) is 0 Å². The summed E-state index contributed by atoms with van der Waals surface area (Å²) in [6.07, 6.45) is 0. The van der Waals surface area contributed by atoms with Crippen LogP contribution in [-0.4, -0.2) is 17.8 Å². The largest absolute Gasteiger partial charge is 0.491 e. The number of carbonyl (C=O) groups excluding carboxylic acids is 1. The van der Waals surface area contributed by atoms with Crippen molar-refractivity contribution in [1.82, 2.24) is 15.8 Å². The van der Waals surface area contributed by atoms with Crippen LogP contribution in [0, 0.1) is 0 Å². The van der Waals surface area contributed by atoms with Crippen molar-refractivity contribution in [2.45, 2.75) is 32.4 Å². The van der Waals surface area contributed by atoms with Crippen LogP contribution in [0.2, 0.25) is 0 Å². The van der Waals surface area contributed by atoms with Crippen molar-refractivity contribution in [3.63, 3.8) is 0 Å². The topological polar surface area (TPSA) is 76.4 Å². The first-order valence-corrected chi connectivity index (χ1v) is 7.35. The number of hydrogen-bond acceptors (Lipinski definition) is 4. The Morgan fingerprint density at radius 2 is 2.23 bits per heavy atom. The lowest BCUT2D eigenvalue weighted by Gasteiger charge is -2.12. The lowest BCUT2D eigenvalue weighted by atomic mass is 10.1. The molecular formula is C16H19N3O3. The standard InChI is InChI=1S/C16H19N3O3/c1-10(2)13-7-11(22-19-13)8-17-16(20)18-14-9-21-15-6-4-3-5-12(14)15/h3-7,10,14H,8-9H2,1-2H3,(H2,17,18,20)/t14-/m1/s1. The van der Waals surface area contributed by atoms with Crippen LogP contribution >= 0.6 is 0 Å². The van der Waals surface area contributed by atoms with Crippen molar-refractivity contribution in [2.75, 3.05) is 6.61 Å². The smallest absolute Gasteiger partial charge is 0.315 e. The van der Waals surface area contributed by atoms with Gasteiger partial charge in [0.15, 0.2) is 5.76 Å². The minimum absolute atomic E-state index is 0.128. The summed E-state index contributed by atoms with van der Waals surface area (Å²) in [7, 11) is 0. The highest BCUT2D eigenvalue weighted by molar-refractivity contribution is 5.74. The molecular weight excluding hydrogens is 282 g/mol. The number of fused-ring (bicyclic) bond motifs is 1. The number of rotatable bonds is 4. The first kappa shape index (κ1) is 14.4. The molecule has 1 aromatic heterocycles. The summed E-state index contributed by atoms with van der Waals surface area (Å²) in [5.41, 5.74) is 1.88. The Morgan fingerprint density at radius 3 is 3.00 bits per heavy atom. The number of carbonyl (C=O) groups is 1. The van der Waals surface area contributed by atoms with Gasteiger partial charge in [0.05, 0.1) is 18.3 Å². The number of benzene rings is 1. The summed E-state index contributed by atoms with van der Waals surface area (Å²) < 4.78 is 10.7. The molecule has 6 nitrogen and oxygen atoms in total. The highest BCUT2D eigenvalue weighted by Crippen LogP contribution is 2.31. The second-order valence-electron chi connectivity index (χ2n) is 5.60. The molecule has 6 heteroatoms. The van der Waals surface area contributed by atoms with Crippen LogP contribution in [0.1, 0.15) is 42.8 Å². The molecule has 0 saturated carbocycles. The van der Waals surface area contributed by atoms with Gasteiger partial charge >= 0.3 is 6.03 Å². The maximum atomic E-state index is 12.0. The number of urea groups is 1. The Bertz CT molecular complexity index is 666. The van der Waals surface area contributed by atoms with Gasteiger partial charge < -0.3 is 19.9 Å². The Kier molecular flexibility index (Phi) is 4.00. The molecule has 1 aliphatic rings. The summed E-state index contributed by atoms with van der Waals surface area (Å²) >= 11 is 0. The molecule has 0 radical (unpaired) electrons. The maximum absolute atomic E-state index is 12.0. The van der Waals surface area contributed by atoms with Gasteiger partial charge in [0.1, 0.15) is 12.4 Å². The van der Waals surface area contributed by atoms with E-state index in [0.717, 1.165) is 17.0 Å². The number of aromatic nitrogens is 1. The minimum atomic E-state index is -0.257. The fourth-order valence-corrected chi connectivity index (χ4v) is 2.34. The SMILES string of the molecule is CC(C)c1cc(CNC(=O)N[C@@H]2COc3ccccc32)on1. The van der Waals surface area contributed by atoms with Crippen LogP contribution in [0.5, 0.6) is 5.75 Å². The van der Waals surface area contributed by atoms with Crippen molar-refractivity contribution in [3.05, 3.63) is 47.3 Å². The van der Waals surface area contributed by atoms with Gasteiger partial charge in [-0.25, -0.2) is 4.79 Å². The number of para-hydroxylation sites is 1. The van der Waals surface area contributed by atoms with E-state index in [1.165, 1.54) is 0 Å². The van der Waals surface area contributed by atoms with Gasteiger partial charge in [0.25, 0.3) is 0 Å². The van der Waals surface area contributed by atoms with Gasteiger partial charge in [-0.05, 0) is 12.0 Å². The maximum Gasteiger partial charge on any atom is 0.315 e. The Morgan fingerprint density at radius 1 is 1.41 bits per heavy atom. The number of ether oxygens (including phenoxy) is 1. The molecule has 0 aliphatic carbocycles. The molecule has 0 fully saturated rings. The van der Waals surface area contributed by atoms with E-state index in [-0.39, 0.29) is 12.1 Å². The Hall–Kier alpha value is -2.50. The van der Waals surface area contributed by atoms with E-state index < -0.39 is 0 Å². The molecule has 1 atom stereocenters. The Balaban J connectivity index is 1.53. The second-order valence-corrected chi connectivity index (χ2v) is 5.60. The van der Waals surface area contributed by atoms with E-state index in [0.29, 0.717) is 24.8 Å². The van der Waals surface area contributed by atoms with Crippen LogP contribution in [0.3, 0.4) is 0 Å². The molecule has 1 aromatic carbocycles. The van der Waals surface area contributed by atoms with Gasteiger partial charge in [-0.15, -0.1) is 0 Å². The van der Waals surface area contributed by atoms with Crippen molar-refractivity contribution in [3.8, 4) is 5.75 Å². The van der Waals surface area contributed by atoms with E-state index in [4.69, 9.17) is 9.26 Å². The molecule has 2 N–H and O–H groups in total. The summed E-state index contributed by atoms with van der Waals surface area (Å²) in [6, 6.07) is 9.18. The minimum Gasteiger partial charge on any atom is -0.491 e. The van der Waals surface area contributed by atoms with E-state index in [1.54, 1.807) is 0 Å². The molecule has 0 saturated heterocycles. The van der Waals surface area contributed by atoms with E-state index >= 15 is 0 Å². The van der Waals surface area contributed by atoms with Gasteiger partial charge in [0.2, 0.25) is 0 Å². The average Bonchev–Trinajstić information content (AvgIpc) is 3.13.